The van der Waals surface area contributed by atoms with E-state index >= 15 is 0 Å². The molecule has 0 unspecified atom stereocenters. The molecule has 0 saturated carbocycles. The second-order valence-electron chi connectivity index (χ2n) is 2.52. The average Bonchev–Trinajstić information content (AvgIpc) is 2.01. The molecular weight excluding hydrogens is 152 g/mol. The van der Waals surface area contributed by atoms with Crippen molar-refractivity contribution in [2.24, 2.45) is 0 Å². The fourth-order valence-electron chi connectivity index (χ4n) is 0.879. The first-order chi connectivity index (χ1) is 5.68. The molecule has 0 amide bonds. The van der Waals surface area contributed by atoms with Crippen LogP contribution in [0.15, 0.2) is 24.3 Å². The molecule has 0 aromatic heterocycles. The Bertz CT molecular complexity index is 313. The van der Waals surface area contributed by atoms with Gasteiger partial charge in [0.1, 0.15) is 0 Å². The number of carboxylic acids is 1. The highest BCUT2D eigenvalue weighted by Gasteiger charge is 1.89. The van der Waals surface area contributed by atoms with Crippen molar-refractivity contribution in [3.05, 3.63) is 41.5 Å². The van der Waals surface area contributed by atoms with Crippen LogP contribution in [0, 0.1) is 13.0 Å². The molecule has 0 fully saturated rings. The van der Waals surface area contributed by atoms with Gasteiger partial charge in [-0.1, -0.05) is 12.1 Å². The second kappa shape index (κ2) is 3.72. The van der Waals surface area contributed by atoms with Crippen LogP contribution >= 0.6 is 0 Å². The fourth-order valence-corrected chi connectivity index (χ4v) is 0.879. The van der Waals surface area contributed by atoms with E-state index in [0.29, 0.717) is 0 Å². The minimum Gasteiger partial charge on any atom is -0.478 e. The van der Waals surface area contributed by atoms with Crippen LogP contribution in [-0.4, -0.2) is 11.1 Å². The standard InChI is InChI=1S/C10H9O2/c1-8-3-2-4-9(7-8)5-6-10(11)12/h3-7H,1H3,(H,11,12)/b6-5+. The highest BCUT2D eigenvalue weighted by atomic mass is 16.4. The molecule has 0 aliphatic heterocycles. The third-order valence-electron chi connectivity index (χ3n) is 1.37. The monoisotopic (exact) mass is 161 g/mol. The van der Waals surface area contributed by atoms with Gasteiger partial charge in [0.15, 0.2) is 0 Å². The molecule has 1 aromatic carbocycles. The maximum Gasteiger partial charge on any atom is 0.328 e. The highest BCUT2D eigenvalue weighted by molar-refractivity contribution is 5.85. The molecule has 2 nitrogen and oxygen atoms in total. The lowest BCUT2D eigenvalue weighted by molar-refractivity contribution is -0.131. The number of benzene rings is 1. The van der Waals surface area contributed by atoms with Gasteiger partial charge in [0.2, 0.25) is 0 Å². The average molecular weight is 161 g/mol. The van der Waals surface area contributed by atoms with E-state index in [1.54, 1.807) is 12.1 Å². The van der Waals surface area contributed by atoms with Crippen LogP contribution in [0.1, 0.15) is 11.1 Å². The molecule has 12 heavy (non-hydrogen) atoms. The first-order valence-corrected chi connectivity index (χ1v) is 3.57. The molecule has 0 atom stereocenters. The van der Waals surface area contributed by atoms with Crippen molar-refractivity contribution in [1.29, 1.82) is 0 Å². The third kappa shape index (κ3) is 2.58. The number of hydrogen-bond acceptors (Lipinski definition) is 1. The Morgan fingerprint density at radius 1 is 1.58 bits per heavy atom. The van der Waals surface area contributed by atoms with Gasteiger partial charge in [0.05, 0.1) is 0 Å². The van der Waals surface area contributed by atoms with E-state index in [1.165, 1.54) is 0 Å². The van der Waals surface area contributed by atoms with E-state index < -0.39 is 5.97 Å². The van der Waals surface area contributed by atoms with Crippen molar-refractivity contribution in [3.63, 3.8) is 0 Å². The normalized spacial score (nSPS) is 10.4. The lowest BCUT2D eigenvalue weighted by Gasteiger charge is -1.93. The Labute approximate surface area is 71.2 Å². The van der Waals surface area contributed by atoms with Gasteiger partial charge in [-0.2, -0.15) is 0 Å². The first kappa shape index (κ1) is 8.53. The van der Waals surface area contributed by atoms with Gasteiger partial charge in [-0.25, -0.2) is 4.79 Å². The molecule has 1 radical (unpaired) electrons. The van der Waals surface area contributed by atoms with Gasteiger partial charge in [-0.15, -0.1) is 0 Å². The molecule has 0 aliphatic rings. The minimum absolute atomic E-state index is 0.859. The predicted octanol–water partition coefficient (Wildman–Crippen LogP) is 1.89. The lowest BCUT2D eigenvalue weighted by Crippen LogP contribution is -1.85. The summed E-state index contributed by atoms with van der Waals surface area (Å²) in [6.45, 7) is 1.94. The maximum atomic E-state index is 10.2. The van der Waals surface area contributed by atoms with Gasteiger partial charge in [0.25, 0.3) is 0 Å². The number of aliphatic carboxylic acids is 1. The Kier molecular flexibility index (Phi) is 2.64. The van der Waals surface area contributed by atoms with E-state index in [1.807, 2.05) is 19.1 Å². The SMILES string of the molecule is Cc1c[c]cc(/C=C/C(=O)O)c1. The van der Waals surface area contributed by atoms with Crippen LogP contribution < -0.4 is 0 Å². The summed E-state index contributed by atoms with van der Waals surface area (Å²) in [7, 11) is 0. The van der Waals surface area contributed by atoms with Crippen LogP contribution in [0.5, 0.6) is 0 Å². The van der Waals surface area contributed by atoms with E-state index in [0.717, 1.165) is 17.2 Å². The second-order valence-corrected chi connectivity index (χ2v) is 2.52. The van der Waals surface area contributed by atoms with Crippen molar-refractivity contribution in [1.82, 2.24) is 0 Å². The van der Waals surface area contributed by atoms with Gasteiger partial charge in [0, 0.05) is 6.08 Å². The van der Waals surface area contributed by atoms with Crippen LogP contribution in [0.4, 0.5) is 0 Å². The van der Waals surface area contributed by atoms with Gasteiger partial charge in [-0.3, -0.25) is 0 Å². The summed E-state index contributed by atoms with van der Waals surface area (Å²) < 4.78 is 0. The van der Waals surface area contributed by atoms with E-state index in [-0.39, 0.29) is 0 Å². The minimum atomic E-state index is -0.934. The van der Waals surface area contributed by atoms with Crippen molar-refractivity contribution < 1.29 is 9.90 Å². The summed E-state index contributed by atoms with van der Waals surface area (Å²) in [5.74, 6) is -0.934. The molecule has 0 spiro atoms. The number of hydrogen-bond donors (Lipinski definition) is 1. The molecule has 0 bridgehead atoms. The smallest absolute Gasteiger partial charge is 0.328 e. The number of carboxylic acid groups (broad SMARTS) is 1. The zero-order valence-corrected chi connectivity index (χ0v) is 6.74. The van der Waals surface area contributed by atoms with Gasteiger partial charge >= 0.3 is 5.97 Å². The number of carbonyl (C=O) groups is 1. The molecule has 1 N–H and O–H groups in total. The molecule has 0 saturated heterocycles. The summed E-state index contributed by atoms with van der Waals surface area (Å²) >= 11 is 0. The van der Waals surface area contributed by atoms with Crippen molar-refractivity contribution in [2.75, 3.05) is 0 Å². The Morgan fingerprint density at radius 3 is 2.92 bits per heavy atom. The summed E-state index contributed by atoms with van der Waals surface area (Å²) in [5.41, 5.74) is 1.93. The number of rotatable bonds is 2. The molecule has 2 heteroatoms. The summed E-state index contributed by atoms with van der Waals surface area (Å²) in [4.78, 5) is 10.2. The Balaban J connectivity index is 2.83. The van der Waals surface area contributed by atoms with Crippen molar-refractivity contribution in [3.8, 4) is 0 Å². The van der Waals surface area contributed by atoms with Crippen molar-refractivity contribution >= 4 is 12.0 Å². The highest BCUT2D eigenvalue weighted by Crippen LogP contribution is 2.04. The van der Waals surface area contributed by atoms with Crippen LogP contribution in [0.3, 0.4) is 0 Å². The predicted molar refractivity (Wildman–Crippen MR) is 46.7 cm³/mol. The van der Waals surface area contributed by atoms with E-state index in [4.69, 9.17) is 5.11 Å². The quantitative estimate of drug-likeness (QED) is 0.672. The third-order valence-corrected chi connectivity index (χ3v) is 1.37. The zero-order valence-electron chi connectivity index (χ0n) is 6.74. The Hall–Kier alpha value is -1.57. The molecule has 0 heterocycles. The van der Waals surface area contributed by atoms with Gasteiger partial charge in [-0.05, 0) is 36.3 Å². The molecule has 0 aliphatic carbocycles. The van der Waals surface area contributed by atoms with E-state index in [9.17, 15) is 4.79 Å². The van der Waals surface area contributed by atoms with Gasteiger partial charge < -0.3 is 5.11 Å². The molecule has 1 rings (SSSR count). The summed E-state index contributed by atoms with van der Waals surface area (Å²) in [5, 5.41) is 8.35. The van der Waals surface area contributed by atoms with Crippen molar-refractivity contribution in [2.45, 2.75) is 6.92 Å². The topological polar surface area (TPSA) is 37.3 Å². The summed E-state index contributed by atoms with van der Waals surface area (Å²) in [6, 6.07) is 8.40. The van der Waals surface area contributed by atoms with E-state index in [2.05, 4.69) is 6.07 Å². The lowest BCUT2D eigenvalue weighted by atomic mass is 10.1. The maximum absolute atomic E-state index is 10.2. The molecule has 1 aromatic rings. The largest absolute Gasteiger partial charge is 0.478 e. The number of aryl methyl sites for hydroxylation is 1. The molecular formula is C10H9O2. The fraction of sp³-hybridized carbons (Fsp3) is 0.100. The first-order valence-electron chi connectivity index (χ1n) is 3.57. The summed E-state index contributed by atoms with van der Waals surface area (Å²) in [6.07, 6.45) is 2.66. The van der Waals surface area contributed by atoms with Crippen LogP contribution in [0.25, 0.3) is 6.08 Å². The zero-order chi connectivity index (χ0) is 8.97. The molecule has 61 valence electrons. The Morgan fingerprint density at radius 2 is 2.33 bits per heavy atom. The van der Waals surface area contributed by atoms with Crippen LogP contribution in [0.2, 0.25) is 0 Å². The van der Waals surface area contributed by atoms with Crippen LogP contribution in [-0.2, 0) is 4.79 Å².